The van der Waals surface area contributed by atoms with Crippen LogP contribution < -0.4 is 19.5 Å². The molecule has 0 saturated heterocycles. The predicted molar refractivity (Wildman–Crippen MR) is 112 cm³/mol. The van der Waals surface area contributed by atoms with Gasteiger partial charge in [0.25, 0.3) is 0 Å². The monoisotopic (exact) mass is 440 g/mol. The summed E-state index contributed by atoms with van der Waals surface area (Å²) in [7, 11) is -2.08. The van der Waals surface area contributed by atoms with Crippen molar-refractivity contribution in [2.45, 2.75) is 20.5 Å². The Morgan fingerprint density at radius 3 is 2.50 bits per heavy atom. The Morgan fingerprint density at radius 2 is 1.90 bits per heavy atom. The highest BCUT2D eigenvalue weighted by Crippen LogP contribution is 2.30. The van der Waals surface area contributed by atoms with Gasteiger partial charge < -0.3 is 14.8 Å². The van der Waals surface area contributed by atoms with Crippen LogP contribution in [0.2, 0.25) is 0 Å². The van der Waals surface area contributed by atoms with E-state index in [2.05, 4.69) is 14.8 Å². The van der Waals surface area contributed by atoms with Gasteiger partial charge >= 0.3 is 6.61 Å². The Labute approximate surface area is 173 Å². The lowest BCUT2D eigenvalue weighted by Crippen LogP contribution is -2.15. The van der Waals surface area contributed by atoms with Crippen LogP contribution in [0.1, 0.15) is 18.1 Å². The highest BCUT2D eigenvalue weighted by molar-refractivity contribution is 7.92. The number of ether oxygens (including phenoxy) is 2. The molecule has 0 spiro atoms. The number of sulfonamides is 1. The van der Waals surface area contributed by atoms with Gasteiger partial charge in [-0.1, -0.05) is 6.07 Å². The SMILES string of the molecule is CCS(=O)(=O)Nc1ccc(NC(=O)/C=C/c2ccc(OC(F)F)c(OC)c2)cc1C. The molecule has 7 nitrogen and oxygen atoms in total. The molecule has 1 amide bonds. The minimum atomic E-state index is -3.40. The normalized spacial score (nSPS) is 11.5. The van der Waals surface area contributed by atoms with Crippen molar-refractivity contribution in [3.63, 3.8) is 0 Å². The number of halogens is 2. The molecule has 0 fully saturated rings. The molecule has 2 rings (SSSR count). The minimum Gasteiger partial charge on any atom is -0.493 e. The number of benzene rings is 2. The largest absolute Gasteiger partial charge is 0.493 e. The molecule has 0 aliphatic rings. The first-order chi connectivity index (χ1) is 14.1. The molecular formula is C20H22F2N2O5S. The van der Waals surface area contributed by atoms with Crippen molar-refractivity contribution < 1.29 is 31.5 Å². The summed E-state index contributed by atoms with van der Waals surface area (Å²) in [6, 6.07) is 9.06. The van der Waals surface area contributed by atoms with E-state index in [1.54, 1.807) is 25.1 Å². The standard InChI is InChI=1S/C20H22F2N2O5S/c1-4-30(26,27)24-16-8-7-15(11-13(16)2)23-19(25)10-6-14-5-9-17(29-20(21)22)18(12-14)28-3/h5-12,20,24H,4H2,1-3H3,(H,23,25)/b10-6+. The van der Waals surface area contributed by atoms with Gasteiger partial charge in [0.2, 0.25) is 15.9 Å². The molecule has 0 atom stereocenters. The summed E-state index contributed by atoms with van der Waals surface area (Å²) in [6.07, 6.45) is 2.76. The van der Waals surface area contributed by atoms with Crippen molar-refractivity contribution in [1.29, 1.82) is 0 Å². The van der Waals surface area contributed by atoms with Gasteiger partial charge in [0, 0.05) is 11.8 Å². The molecule has 2 aromatic rings. The van der Waals surface area contributed by atoms with E-state index in [4.69, 9.17) is 4.74 Å². The van der Waals surface area contributed by atoms with E-state index in [1.807, 2.05) is 0 Å². The Kier molecular flexibility index (Phi) is 7.76. The summed E-state index contributed by atoms with van der Waals surface area (Å²) in [5.41, 5.74) is 2.11. The number of hydrogen-bond donors (Lipinski definition) is 2. The fraction of sp³-hybridized carbons (Fsp3) is 0.250. The molecule has 0 heterocycles. The maximum absolute atomic E-state index is 12.4. The van der Waals surface area contributed by atoms with E-state index in [1.165, 1.54) is 44.4 Å². The molecule has 0 aliphatic heterocycles. The number of aryl methyl sites for hydroxylation is 1. The second kappa shape index (κ2) is 10.1. The molecule has 162 valence electrons. The molecule has 2 aromatic carbocycles. The fourth-order valence-corrected chi connectivity index (χ4v) is 3.14. The molecule has 10 heteroatoms. The number of hydrogen-bond acceptors (Lipinski definition) is 5. The van der Waals surface area contributed by atoms with Crippen LogP contribution in [-0.4, -0.2) is 33.8 Å². The first-order valence-electron chi connectivity index (χ1n) is 8.86. The first kappa shape index (κ1) is 23.1. The molecule has 2 N–H and O–H groups in total. The fourth-order valence-electron chi connectivity index (χ4n) is 2.43. The Balaban J connectivity index is 2.06. The second-order valence-electron chi connectivity index (χ2n) is 6.15. The molecule has 0 saturated carbocycles. The number of nitrogens with one attached hydrogen (secondary N) is 2. The van der Waals surface area contributed by atoms with E-state index in [0.29, 0.717) is 22.5 Å². The van der Waals surface area contributed by atoms with Gasteiger partial charge in [-0.15, -0.1) is 0 Å². The van der Waals surface area contributed by atoms with E-state index in [-0.39, 0.29) is 17.3 Å². The van der Waals surface area contributed by atoms with E-state index < -0.39 is 22.5 Å². The molecule has 0 bridgehead atoms. The van der Waals surface area contributed by atoms with Crippen LogP contribution in [0.15, 0.2) is 42.5 Å². The van der Waals surface area contributed by atoms with Crippen molar-refractivity contribution >= 4 is 33.4 Å². The zero-order valence-electron chi connectivity index (χ0n) is 16.6. The van der Waals surface area contributed by atoms with Crippen molar-refractivity contribution in [3.05, 3.63) is 53.6 Å². The van der Waals surface area contributed by atoms with Crippen molar-refractivity contribution in [3.8, 4) is 11.5 Å². The third-order valence-electron chi connectivity index (χ3n) is 3.97. The smallest absolute Gasteiger partial charge is 0.387 e. The van der Waals surface area contributed by atoms with Gasteiger partial charge in [-0.25, -0.2) is 8.42 Å². The summed E-state index contributed by atoms with van der Waals surface area (Å²) >= 11 is 0. The van der Waals surface area contributed by atoms with Gasteiger partial charge in [0.05, 0.1) is 18.6 Å². The molecule has 0 aromatic heterocycles. The summed E-state index contributed by atoms with van der Waals surface area (Å²) in [6.45, 7) is 0.278. The molecule has 0 radical (unpaired) electrons. The summed E-state index contributed by atoms with van der Waals surface area (Å²) < 4.78 is 59.9. The van der Waals surface area contributed by atoms with Gasteiger partial charge in [-0.2, -0.15) is 8.78 Å². The van der Waals surface area contributed by atoms with E-state index >= 15 is 0 Å². The topological polar surface area (TPSA) is 93.7 Å². The van der Waals surface area contributed by atoms with Crippen LogP contribution >= 0.6 is 0 Å². The summed E-state index contributed by atoms with van der Waals surface area (Å²) in [4.78, 5) is 12.2. The number of carbonyl (C=O) groups is 1. The number of methoxy groups -OCH3 is 1. The van der Waals surface area contributed by atoms with Crippen molar-refractivity contribution in [2.24, 2.45) is 0 Å². The number of amides is 1. The zero-order valence-corrected chi connectivity index (χ0v) is 17.4. The third kappa shape index (κ3) is 6.73. The highest BCUT2D eigenvalue weighted by Gasteiger charge is 2.11. The predicted octanol–water partition coefficient (Wildman–Crippen LogP) is 4.02. The van der Waals surface area contributed by atoms with Gasteiger partial charge in [0.1, 0.15) is 0 Å². The maximum atomic E-state index is 12.4. The maximum Gasteiger partial charge on any atom is 0.387 e. The lowest BCUT2D eigenvalue weighted by atomic mass is 10.1. The lowest BCUT2D eigenvalue weighted by Gasteiger charge is -2.11. The summed E-state index contributed by atoms with van der Waals surface area (Å²) in [5, 5.41) is 2.67. The van der Waals surface area contributed by atoms with Crippen LogP contribution in [0.3, 0.4) is 0 Å². The zero-order chi connectivity index (χ0) is 22.3. The van der Waals surface area contributed by atoms with Gasteiger partial charge in [-0.3, -0.25) is 9.52 Å². The summed E-state index contributed by atoms with van der Waals surface area (Å²) in [5.74, 6) is -0.472. The quantitative estimate of drug-likeness (QED) is 0.575. The molecule has 30 heavy (non-hydrogen) atoms. The van der Waals surface area contributed by atoms with Crippen LogP contribution in [-0.2, 0) is 14.8 Å². The van der Waals surface area contributed by atoms with Crippen molar-refractivity contribution in [2.75, 3.05) is 22.9 Å². The van der Waals surface area contributed by atoms with Crippen LogP contribution in [0.5, 0.6) is 11.5 Å². The molecule has 0 unspecified atom stereocenters. The van der Waals surface area contributed by atoms with Crippen molar-refractivity contribution in [1.82, 2.24) is 0 Å². The first-order valence-corrected chi connectivity index (χ1v) is 10.5. The third-order valence-corrected chi connectivity index (χ3v) is 5.26. The van der Waals surface area contributed by atoms with Crippen LogP contribution in [0.25, 0.3) is 6.08 Å². The Bertz CT molecular complexity index is 1040. The van der Waals surface area contributed by atoms with E-state index in [0.717, 1.165) is 0 Å². The van der Waals surface area contributed by atoms with E-state index in [9.17, 15) is 22.0 Å². The lowest BCUT2D eigenvalue weighted by molar-refractivity contribution is -0.111. The van der Waals surface area contributed by atoms with Gasteiger partial charge in [-0.05, 0) is 61.4 Å². The minimum absolute atomic E-state index is 0.0459. The average molecular weight is 440 g/mol. The van der Waals surface area contributed by atoms with Crippen LogP contribution in [0, 0.1) is 6.92 Å². The highest BCUT2D eigenvalue weighted by atomic mass is 32.2. The Morgan fingerprint density at radius 1 is 1.17 bits per heavy atom. The number of rotatable bonds is 9. The number of carbonyl (C=O) groups excluding carboxylic acids is 1. The van der Waals surface area contributed by atoms with Gasteiger partial charge in [0.15, 0.2) is 11.5 Å². The average Bonchev–Trinajstić information content (AvgIpc) is 2.69. The Hall–Kier alpha value is -3.14. The number of anilines is 2. The molecular weight excluding hydrogens is 418 g/mol. The van der Waals surface area contributed by atoms with Crippen LogP contribution in [0.4, 0.5) is 20.2 Å². The second-order valence-corrected chi connectivity index (χ2v) is 8.16. The number of alkyl halides is 2. The molecule has 0 aliphatic carbocycles.